The van der Waals surface area contributed by atoms with Gasteiger partial charge in [-0.2, -0.15) is 0 Å². The summed E-state index contributed by atoms with van der Waals surface area (Å²) in [6, 6.07) is 16.3. The highest BCUT2D eigenvalue weighted by molar-refractivity contribution is 6.01. The summed E-state index contributed by atoms with van der Waals surface area (Å²) in [5.41, 5.74) is 1.06. The monoisotopic (exact) mass is 363 g/mol. The van der Waals surface area contributed by atoms with Crippen molar-refractivity contribution in [2.45, 2.75) is 18.9 Å². The summed E-state index contributed by atoms with van der Waals surface area (Å²) in [5, 5.41) is 12.1. The van der Waals surface area contributed by atoms with Gasteiger partial charge in [0.25, 0.3) is 0 Å². The number of rotatable bonds is 6. The molecule has 0 unspecified atom stereocenters. The maximum absolute atomic E-state index is 12.9. The van der Waals surface area contributed by atoms with Crippen molar-refractivity contribution in [2.75, 3.05) is 0 Å². The molecule has 27 heavy (non-hydrogen) atoms. The summed E-state index contributed by atoms with van der Waals surface area (Å²) in [4.78, 5) is 37.4. The van der Waals surface area contributed by atoms with Gasteiger partial charge in [0.1, 0.15) is 0 Å². The number of Topliss-reactive ketones (excluding diaryl/α,β-unsaturated/α-hetero) is 1. The van der Waals surface area contributed by atoms with Crippen LogP contribution in [0.15, 0.2) is 72.8 Å². The van der Waals surface area contributed by atoms with E-state index in [0.717, 1.165) is 0 Å². The van der Waals surface area contributed by atoms with Gasteiger partial charge in [-0.25, -0.2) is 4.79 Å². The number of allylic oxidation sites excluding steroid dienone is 2. The highest BCUT2D eigenvalue weighted by Gasteiger charge is 2.36. The van der Waals surface area contributed by atoms with E-state index >= 15 is 0 Å². The lowest BCUT2D eigenvalue weighted by molar-refractivity contribution is -0.143. The quantitative estimate of drug-likeness (QED) is 0.609. The molecule has 5 nitrogen and oxygen atoms in total. The first-order valence-corrected chi connectivity index (χ1v) is 8.90. The van der Waals surface area contributed by atoms with Crippen molar-refractivity contribution in [2.24, 2.45) is 11.8 Å². The van der Waals surface area contributed by atoms with Gasteiger partial charge in [-0.3, -0.25) is 9.59 Å². The van der Waals surface area contributed by atoms with E-state index in [4.69, 9.17) is 0 Å². The minimum Gasteiger partial charge on any atom is -0.479 e. The number of hydrogen-bond acceptors (Lipinski definition) is 3. The second kappa shape index (κ2) is 8.45. The molecule has 2 aromatic carbocycles. The molecule has 3 rings (SSSR count). The van der Waals surface area contributed by atoms with Crippen LogP contribution in [0.4, 0.5) is 0 Å². The predicted molar refractivity (Wildman–Crippen MR) is 101 cm³/mol. The van der Waals surface area contributed by atoms with Crippen LogP contribution in [0.5, 0.6) is 0 Å². The Bertz CT molecular complexity index is 845. The van der Waals surface area contributed by atoms with Crippen LogP contribution in [0, 0.1) is 11.8 Å². The lowest BCUT2D eigenvalue weighted by Crippen LogP contribution is -2.42. The summed E-state index contributed by atoms with van der Waals surface area (Å²) in [5.74, 6) is -2.72. The van der Waals surface area contributed by atoms with Crippen molar-refractivity contribution < 1.29 is 19.5 Å². The molecule has 138 valence electrons. The highest BCUT2D eigenvalue weighted by atomic mass is 16.4. The van der Waals surface area contributed by atoms with Crippen LogP contribution >= 0.6 is 0 Å². The van der Waals surface area contributed by atoms with Crippen molar-refractivity contribution in [3.8, 4) is 0 Å². The fourth-order valence-electron chi connectivity index (χ4n) is 3.39. The van der Waals surface area contributed by atoms with Crippen molar-refractivity contribution >= 4 is 17.7 Å². The van der Waals surface area contributed by atoms with Crippen molar-refractivity contribution in [1.82, 2.24) is 5.32 Å². The van der Waals surface area contributed by atoms with E-state index in [2.05, 4.69) is 5.32 Å². The third-order valence-corrected chi connectivity index (χ3v) is 4.83. The summed E-state index contributed by atoms with van der Waals surface area (Å²) in [7, 11) is 0. The van der Waals surface area contributed by atoms with Gasteiger partial charge >= 0.3 is 5.97 Å². The smallest absolute Gasteiger partial charge is 0.330 e. The maximum Gasteiger partial charge on any atom is 0.330 e. The van der Waals surface area contributed by atoms with Gasteiger partial charge in [-0.1, -0.05) is 72.8 Å². The number of ketones is 1. The zero-order valence-electron chi connectivity index (χ0n) is 14.7. The third kappa shape index (κ3) is 4.31. The van der Waals surface area contributed by atoms with E-state index in [9.17, 15) is 19.5 Å². The molecule has 0 spiro atoms. The van der Waals surface area contributed by atoms with Gasteiger partial charge in [0.2, 0.25) is 5.91 Å². The topological polar surface area (TPSA) is 83.5 Å². The Hall–Kier alpha value is -3.21. The van der Waals surface area contributed by atoms with Gasteiger partial charge < -0.3 is 10.4 Å². The van der Waals surface area contributed by atoms with Gasteiger partial charge in [-0.15, -0.1) is 0 Å². The largest absolute Gasteiger partial charge is 0.479 e. The number of benzene rings is 2. The minimum absolute atomic E-state index is 0.0910. The Morgan fingerprint density at radius 2 is 1.41 bits per heavy atom. The molecule has 2 aromatic rings. The second-order valence-corrected chi connectivity index (χ2v) is 6.58. The third-order valence-electron chi connectivity index (χ3n) is 4.83. The number of hydrogen-bond donors (Lipinski definition) is 2. The molecule has 1 amide bonds. The second-order valence-electron chi connectivity index (χ2n) is 6.58. The fraction of sp³-hybridized carbons (Fsp3) is 0.227. The molecule has 0 aromatic heterocycles. The molecule has 0 fully saturated rings. The lowest BCUT2D eigenvalue weighted by Gasteiger charge is -2.28. The van der Waals surface area contributed by atoms with E-state index < -0.39 is 29.8 Å². The molecule has 0 radical (unpaired) electrons. The molecule has 5 heteroatoms. The molecule has 0 heterocycles. The van der Waals surface area contributed by atoms with Crippen LogP contribution in [-0.4, -0.2) is 22.8 Å². The molecular formula is C22H21NO4. The number of carbonyl (C=O) groups excluding carboxylic acids is 2. The Labute approximate surface area is 157 Å². The average Bonchev–Trinajstić information content (AvgIpc) is 2.72. The Kier molecular flexibility index (Phi) is 5.81. The molecule has 1 aliphatic rings. The predicted octanol–water partition coefficient (Wildman–Crippen LogP) is 3.39. The van der Waals surface area contributed by atoms with Crippen molar-refractivity contribution in [1.29, 1.82) is 0 Å². The minimum atomic E-state index is -1.14. The molecule has 0 saturated carbocycles. The van der Waals surface area contributed by atoms with Crippen LogP contribution in [0.25, 0.3) is 0 Å². The zero-order valence-corrected chi connectivity index (χ0v) is 14.7. The number of carboxylic acids is 1. The highest BCUT2D eigenvalue weighted by Crippen LogP contribution is 2.30. The van der Waals surface area contributed by atoms with Gasteiger partial charge in [0.15, 0.2) is 11.8 Å². The summed E-state index contributed by atoms with van der Waals surface area (Å²) >= 11 is 0. The first kappa shape index (κ1) is 18.6. The summed E-state index contributed by atoms with van der Waals surface area (Å²) in [6.45, 7) is 0. The van der Waals surface area contributed by atoms with E-state index in [0.29, 0.717) is 24.0 Å². The number of amides is 1. The van der Waals surface area contributed by atoms with E-state index in [1.165, 1.54) is 0 Å². The Morgan fingerprint density at radius 1 is 0.852 bits per heavy atom. The maximum atomic E-state index is 12.9. The first-order chi connectivity index (χ1) is 13.1. The molecule has 0 saturated heterocycles. The zero-order chi connectivity index (χ0) is 19.2. The van der Waals surface area contributed by atoms with Gasteiger partial charge in [0, 0.05) is 11.5 Å². The van der Waals surface area contributed by atoms with Crippen LogP contribution < -0.4 is 5.32 Å². The molecule has 3 atom stereocenters. The van der Waals surface area contributed by atoms with Crippen molar-refractivity contribution in [3.63, 3.8) is 0 Å². The normalized spacial score (nSPS) is 19.9. The lowest BCUT2D eigenvalue weighted by atomic mass is 9.77. The van der Waals surface area contributed by atoms with Crippen LogP contribution in [0.2, 0.25) is 0 Å². The molecular weight excluding hydrogens is 342 g/mol. The summed E-state index contributed by atoms with van der Waals surface area (Å²) in [6.07, 6.45) is 4.66. The van der Waals surface area contributed by atoms with Crippen molar-refractivity contribution in [3.05, 3.63) is 83.9 Å². The number of carboxylic acid groups (broad SMARTS) is 1. The van der Waals surface area contributed by atoms with Crippen LogP contribution in [-0.2, 0) is 9.59 Å². The number of carbonyl (C=O) groups is 3. The Balaban J connectivity index is 1.80. The average molecular weight is 363 g/mol. The Morgan fingerprint density at radius 3 is 2.00 bits per heavy atom. The van der Waals surface area contributed by atoms with Gasteiger partial charge in [-0.05, 0) is 18.4 Å². The van der Waals surface area contributed by atoms with E-state index in [1.54, 1.807) is 54.6 Å². The van der Waals surface area contributed by atoms with Crippen LogP contribution in [0.3, 0.4) is 0 Å². The number of nitrogens with one attached hydrogen (secondary N) is 1. The summed E-state index contributed by atoms with van der Waals surface area (Å²) < 4.78 is 0. The standard InChI is InChI=1S/C22H21NO4/c24-20(16-11-5-2-6-12-16)17-13-7-8-14-18(17)21(25)23-19(22(26)27)15-9-3-1-4-10-15/h1-12,17-19H,13-14H2,(H,23,25)(H,26,27)/t17-,18+,19+/m0/s1. The van der Waals surface area contributed by atoms with E-state index in [1.807, 2.05) is 18.2 Å². The number of aliphatic carboxylic acids is 1. The molecule has 0 bridgehead atoms. The van der Waals surface area contributed by atoms with Crippen LogP contribution in [0.1, 0.15) is 34.8 Å². The molecule has 0 aliphatic heterocycles. The van der Waals surface area contributed by atoms with E-state index in [-0.39, 0.29) is 5.78 Å². The molecule has 1 aliphatic carbocycles. The molecule has 2 N–H and O–H groups in total. The first-order valence-electron chi connectivity index (χ1n) is 8.90. The SMILES string of the molecule is O=C(c1ccccc1)[C@H]1CC=CC[C@H]1C(=O)N[C@@H](C(=O)O)c1ccccc1. The fourth-order valence-corrected chi connectivity index (χ4v) is 3.39. The van der Waals surface area contributed by atoms with Gasteiger partial charge in [0.05, 0.1) is 5.92 Å².